The summed E-state index contributed by atoms with van der Waals surface area (Å²) in [5.41, 5.74) is -0.131. The lowest BCUT2D eigenvalue weighted by Crippen LogP contribution is -2.54. The van der Waals surface area contributed by atoms with Gasteiger partial charge in [-0.3, -0.25) is 4.79 Å². The molecule has 2 aromatic carbocycles. The second-order valence-electron chi connectivity index (χ2n) is 6.63. The molecular formula is C18H15ClF4N2O5S. The number of nitrogens with zero attached hydrogens (tertiary/aromatic N) is 1. The lowest BCUT2D eigenvalue weighted by molar-refractivity contribution is -0.274. The minimum Gasteiger partial charge on any atom is -0.486 e. The van der Waals surface area contributed by atoms with E-state index in [-0.39, 0.29) is 35.8 Å². The first-order valence-electron chi connectivity index (χ1n) is 8.60. The Kier molecular flexibility index (Phi) is 6.23. The molecule has 3 rings (SSSR count). The van der Waals surface area contributed by atoms with Gasteiger partial charge in [0.25, 0.3) is 5.91 Å². The van der Waals surface area contributed by atoms with Crippen molar-refractivity contribution >= 4 is 33.2 Å². The van der Waals surface area contributed by atoms with Crippen molar-refractivity contribution in [2.75, 3.05) is 24.2 Å². The molecule has 13 heteroatoms. The van der Waals surface area contributed by atoms with Gasteiger partial charge in [0.1, 0.15) is 17.7 Å². The van der Waals surface area contributed by atoms with E-state index in [1.54, 1.807) is 4.72 Å². The van der Waals surface area contributed by atoms with Crippen LogP contribution in [0, 0.1) is 5.82 Å². The Morgan fingerprint density at radius 1 is 1.19 bits per heavy atom. The van der Waals surface area contributed by atoms with Crippen molar-refractivity contribution in [3.05, 3.63) is 52.8 Å². The summed E-state index contributed by atoms with van der Waals surface area (Å²) in [5, 5.41) is -0.417. The van der Waals surface area contributed by atoms with Gasteiger partial charge in [0.15, 0.2) is 5.75 Å². The zero-order valence-corrected chi connectivity index (χ0v) is 17.3. The largest absolute Gasteiger partial charge is 0.573 e. The van der Waals surface area contributed by atoms with Crippen LogP contribution in [0.1, 0.15) is 10.4 Å². The average molecular weight is 483 g/mol. The molecule has 0 bridgehead atoms. The molecule has 2 aromatic rings. The number of ether oxygens (including phenoxy) is 2. The van der Waals surface area contributed by atoms with Gasteiger partial charge >= 0.3 is 6.36 Å². The first kappa shape index (κ1) is 22.9. The molecule has 1 N–H and O–H groups in total. The molecule has 0 radical (unpaired) electrons. The normalized spacial score (nSPS) is 14.7. The monoisotopic (exact) mass is 482 g/mol. The summed E-state index contributed by atoms with van der Waals surface area (Å²) >= 11 is 5.68. The summed E-state index contributed by atoms with van der Waals surface area (Å²) < 4.78 is 85.6. The first-order chi connectivity index (χ1) is 14.3. The van der Waals surface area contributed by atoms with Crippen LogP contribution in [0.2, 0.25) is 5.02 Å². The Labute approximate surface area is 179 Å². The Morgan fingerprint density at radius 2 is 1.84 bits per heavy atom. The number of hydrogen-bond donors (Lipinski definition) is 1. The van der Waals surface area contributed by atoms with Gasteiger partial charge in [-0.25, -0.2) is 17.5 Å². The van der Waals surface area contributed by atoms with E-state index < -0.39 is 39.2 Å². The predicted molar refractivity (Wildman–Crippen MR) is 103 cm³/mol. The van der Waals surface area contributed by atoms with Gasteiger partial charge in [-0.1, -0.05) is 23.7 Å². The number of hydrogen-bond acceptors (Lipinski definition) is 6. The van der Waals surface area contributed by atoms with Crippen LogP contribution in [0.4, 0.5) is 23.2 Å². The van der Waals surface area contributed by atoms with E-state index >= 15 is 0 Å². The summed E-state index contributed by atoms with van der Waals surface area (Å²) in [7, 11) is -3.90. The van der Waals surface area contributed by atoms with E-state index in [1.165, 1.54) is 29.2 Å². The summed E-state index contributed by atoms with van der Waals surface area (Å²) in [6.45, 7) is 0.214. The average Bonchev–Trinajstić information content (AvgIpc) is 2.58. The van der Waals surface area contributed by atoms with Crippen LogP contribution in [0.15, 0.2) is 36.4 Å². The van der Waals surface area contributed by atoms with Crippen molar-refractivity contribution < 1.29 is 40.2 Å². The highest BCUT2D eigenvalue weighted by Gasteiger charge is 2.36. The van der Waals surface area contributed by atoms with Crippen LogP contribution >= 0.6 is 11.6 Å². The van der Waals surface area contributed by atoms with Gasteiger partial charge in [0.2, 0.25) is 10.0 Å². The molecule has 0 unspecified atom stereocenters. The maximum atomic E-state index is 13.9. The van der Waals surface area contributed by atoms with Crippen LogP contribution in [0.25, 0.3) is 0 Å². The van der Waals surface area contributed by atoms with Gasteiger partial charge < -0.3 is 14.4 Å². The molecule has 1 aliphatic heterocycles. The number of amides is 1. The quantitative estimate of drug-likeness (QED) is 0.636. The maximum Gasteiger partial charge on any atom is 0.573 e. The SMILES string of the molecule is CS(=O)(=O)NC(=O)c1cc(Cl)c(F)cc1OC1CN(c2ccccc2OC(F)(F)F)C1. The Hall–Kier alpha value is -2.73. The van der Waals surface area contributed by atoms with Crippen LogP contribution < -0.4 is 19.1 Å². The molecule has 168 valence electrons. The molecule has 1 heterocycles. The fraction of sp³-hybridized carbons (Fsp3) is 0.278. The number of sulfonamides is 1. The standard InChI is InChI=1S/C18H15ClF4N2O5S/c1-31(27,28)24-17(26)11-6-12(19)13(20)7-16(11)29-10-8-25(9-10)14-4-2-3-5-15(14)30-18(21,22)23/h2-7,10H,8-9H2,1H3,(H,24,26). The van der Waals surface area contributed by atoms with Crippen LogP contribution in [0.5, 0.6) is 11.5 Å². The van der Waals surface area contributed by atoms with Gasteiger partial charge in [0, 0.05) is 6.07 Å². The number of alkyl halides is 3. The van der Waals surface area contributed by atoms with E-state index in [4.69, 9.17) is 16.3 Å². The molecule has 0 aliphatic carbocycles. The minimum absolute atomic E-state index is 0.107. The zero-order chi connectivity index (χ0) is 23.0. The van der Waals surface area contributed by atoms with Crippen molar-refractivity contribution in [3.63, 3.8) is 0 Å². The van der Waals surface area contributed by atoms with E-state index in [2.05, 4.69) is 4.74 Å². The molecule has 0 saturated carbocycles. The molecule has 0 spiro atoms. The lowest BCUT2D eigenvalue weighted by Gasteiger charge is -2.41. The number of carbonyl (C=O) groups is 1. The van der Waals surface area contributed by atoms with Crippen LogP contribution in [-0.4, -0.2) is 46.1 Å². The van der Waals surface area contributed by atoms with E-state index in [0.717, 1.165) is 18.4 Å². The molecule has 31 heavy (non-hydrogen) atoms. The number of nitrogens with one attached hydrogen (secondary N) is 1. The Bertz CT molecular complexity index is 1100. The second-order valence-corrected chi connectivity index (χ2v) is 8.78. The Morgan fingerprint density at radius 3 is 2.45 bits per heavy atom. The molecule has 1 amide bonds. The number of benzene rings is 2. The van der Waals surface area contributed by atoms with Crippen molar-refractivity contribution in [2.24, 2.45) is 0 Å². The first-order valence-corrected chi connectivity index (χ1v) is 10.9. The predicted octanol–water partition coefficient (Wildman–Crippen LogP) is 3.33. The van der Waals surface area contributed by atoms with E-state index in [1.807, 2.05) is 0 Å². The Balaban J connectivity index is 1.75. The maximum absolute atomic E-state index is 13.9. The highest BCUT2D eigenvalue weighted by Crippen LogP contribution is 2.36. The fourth-order valence-electron chi connectivity index (χ4n) is 2.85. The summed E-state index contributed by atoms with van der Waals surface area (Å²) in [6.07, 6.45) is -4.72. The number of anilines is 1. The zero-order valence-electron chi connectivity index (χ0n) is 15.7. The third-order valence-electron chi connectivity index (χ3n) is 4.12. The molecule has 7 nitrogen and oxygen atoms in total. The molecule has 1 saturated heterocycles. The summed E-state index contributed by atoms with van der Waals surface area (Å²) in [6, 6.07) is 7.29. The van der Waals surface area contributed by atoms with Gasteiger partial charge in [-0.15, -0.1) is 13.2 Å². The highest BCUT2D eigenvalue weighted by molar-refractivity contribution is 7.89. The summed E-state index contributed by atoms with van der Waals surface area (Å²) in [5.74, 6) is -2.61. The number of rotatable bonds is 6. The van der Waals surface area contributed by atoms with Crippen LogP contribution in [-0.2, 0) is 10.0 Å². The number of para-hydroxylation sites is 2. The van der Waals surface area contributed by atoms with Crippen molar-refractivity contribution in [2.45, 2.75) is 12.5 Å². The van der Waals surface area contributed by atoms with Crippen molar-refractivity contribution in [1.29, 1.82) is 0 Å². The number of carbonyl (C=O) groups excluding carboxylic acids is 1. The molecule has 1 aliphatic rings. The third kappa shape index (κ3) is 5.91. The van der Waals surface area contributed by atoms with E-state index in [0.29, 0.717) is 0 Å². The third-order valence-corrected chi connectivity index (χ3v) is 4.96. The molecule has 0 atom stereocenters. The van der Waals surface area contributed by atoms with Crippen molar-refractivity contribution in [3.8, 4) is 11.5 Å². The molecular weight excluding hydrogens is 468 g/mol. The lowest BCUT2D eigenvalue weighted by atomic mass is 10.1. The molecule has 1 fully saturated rings. The van der Waals surface area contributed by atoms with E-state index in [9.17, 15) is 30.8 Å². The second kappa shape index (κ2) is 8.42. The summed E-state index contributed by atoms with van der Waals surface area (Å²) in [4.78, 5) is 13.7. The van der Waals surface area contributed by atoms with Gasteiger partial charge in [-0.2, -0.15) is 0 Å². The fourth-order valence-corrected chi connectivity index (χ4v) is 3.46. The smallest absolute Gasteiger partial charge is 0.486 e. The topological polar surface area (TPSA) is 84.9 Å². The van der Waals surface area contributed by atoms with Crippen molar-refractivity contribution in [1.82, 2.24) is 4.72 Å². The molecule has 0 aromatic heterocycles. The van der Waals surface area contributed by atoms with Crippen LogP contribution in [0.3, 0.4) is 0 Å². The van der Waals surface area contributed by atoms with Gasteiger partial charge in [0.05, 0.1) is 35.6 Å². The highest BCUT2D eigenvalue weighted by atomic mass is 35.5. The van der Waals surface area contributed by atoms with Gasteiger partial charge in [-0.05, 0) is 18.2 Å². The minimum atomic E-state index is -4.86. The number of halogens is 5.